The van der Waals surface area contributed by atoms with Crippen molar-refractivity contribution in [3.05, 3.63) is 34.9 Å². The minimum Gasteiger partial charge on any atom is -0.330 e. The van der Waals surface area contributed by atoms with Crippen molar-refractivity contribution in [3.8, 4) is 0 Å². The largest absolute Gasteiger partial charge is 0.330 e. The molecular formula is C12H15NO. The second-order valence-electron chi connectivity index (χ2n) is 3.80. The molecule has 0 aliphatic heterocycles. The van der Waals surface area contributed by atoms with Crippen LogP contribution >= 0.6 is 0 Å². The predicted octanol–water partition coefficient (Wildman–Crippen LogP) is 1.71. The van der Waals surface area contributed by atoms with Crippen LogP contribution in [0.1, 0.15) is 34.3 Å². The Kier molecular flexibility index (Phi) is 2.64. The molecular weight excluding hydrogens is 174 g/mol. The molecule has 0 radical (unpaired) electrons. The molecule has 2 heteroatoms. The van der Waals surface area contributed by atoms with Crippen molar-refractivity contribution >= 4 is 5.78 Å². The molecule has 1 aliphatic rings. The van der Waals surface area contributed by atoms with E-state index in [2.05, 4.69) is 6.07 Å². The van der Waals surface area contributed by atoms with Crippen LogP contribution in [0.3, 0.4) is 0 Å². The summed E-state index contributed by atoms with van der Waals surface area (Å²) in [6, 6.07) is 6.06. The molecule has 1 aliphatic carbocycles. The summed E-state index contributed by atoms with van der Waals surface area (Å²) in [5.74, 6) is 0.169. The van der Waals surface area contributed by atoms with Gasteiger partial charge in [0.05, 0.1) is 0 Å². The summed E-state index contributed by atoms with van der Waals surface area (Å²) in [6.45, 7) is 0.440. The Bertz CT molecular complexity index is 357. The van der Waals surface area contributed by atoms with Gasteiger partial charge in [0, 0.05) is 12.0 Å². The predicted molar refractivity (Wildman–Crippen MR) is 56.5 cm³/mol. The van der Waals surface area contributed by atoms with E-state index in [1.54, 1.807) is 0 Å². The molecule has 14 heavy (non-hydrogen) atoms. The van der Waals surface area contributed by atoms with Gasteiger partial charge in [-0.15, -0.1) is 0 Å². The van der Waals surface area contributed by atoms with E-state index in [9.17, 15) is 4.79 Å². The molecule has 2 N–H and O–H groups in total. The molecule has 2 rings (SSSR count). The maximum atomic E-state index is 11.6. The van der Waals surface area contributed by atoms with Crippen LogP contribution in [-0.2, 0) is 12.8 Å². The number of ketones is 1. The third kappa shape index (κ3) is 1.70. The first kappa shape index (κ1) is 9.41. The highest BCUT2D eigenvalue weighted by molar-refractivity contribution is 5.96. The second-order valence-corrected chi connectivity index (χ2v) is 3.80. The minimum absolute atomic E-state index is 0.169. The summed E-state index contributed by atoms with van der Waals surface area (Å²) in [5.41, 5.74) is 8.95. The highest BCUT2D eigenvalue weighted by Gasteiger charge is 2.13. The summed E-state index contributed by atoms with van der Waals surface area (Å²) in [7, 11) is 0. The lowest BCUT2D eigenvalue weighted by Crippen LogP contribution is -2.08. The average Bonchev–Trinajstić information content (AvgIpc) is 2.64. The van der Waals surface area contributed by atoms with Crippen LogP contribution in [0.25, 0.3) is 0 Å². The molecule has 0 atom stereocenters. The highest BCUT2D eigenvalue weighted by Crippen LogP contribution is 2.23. The van der Waals surface area contributed by atoms with Crippen molar-refractivity contribution < 1.29 is 4.79 Å². The standard InChI is InChI=1S/C12H15NO/c13-7-6-12(14)11-5-4-9-2-1-3-10(9)8-11/h4-5,8H,1-3,6-7,13H2. The van der Waals surface area contributed by atoms with Crippen LogP contribution in [0, 0.1) is 0 Å². The number of carbonyl (C=O) groups is 1. The van der Waals surface area contributed by atoms with Gasteiger partial charge in [-0.05, 0) is 43.0 Å². The summed E-state index contributed by atoms with van der Waals surface area (Å²) < 4.78 is 0. The molecule has 0 fully saturated rings. The first-order valence-corrected chi connectivity index (χ1v) is 5.16. The fourth-order valence-electron chi connectivity index (χ4n) is 2.02. The van der Waals surface area contributed by atoms with Gasteiger partial charge in [-0.1, -0.05) is 12.1 Å². The normalized spacial score (nSPS) is 14.1. The molecule has 0 bridgehead atoms. The lowest BCUT2D eigenvalue weighted by atomic mass is 10.0. The monoisotopic (exact) mass is 189 g/mol. The Morgan fingerprint density at radius 1 is 1.29 bits per heavy atom. The number of fused-ring (bicyclic) bond motifs is 1. The van der Waals surface area contributed by atoms with Crippen molar-refractivity contribution in [2.24, 2.45) is 5.73 Å². The van der Waals surface area contributed by atoms with Gasteiger partial charge < -0.3 is 5.73 Å². The lowest BCUT2D eigenvalue weighted by molar-refractivity contribution is 0.0985. The van der Waals surface area contributed by atoms with E-state index in [-0.39, 0.29) is 5.78 Å². The van der Waals surface area contributed by atoms with Gasteiger partial charge in [0.2, 0.25) is 0 Å². The van der Waals surface area contributed by atoms with Crippen molar-refractivity contribution in [3.63, 3.8) is 0 Å². The summed E-state index contributed by atoms with van der Waals surface area (Å²) in [4.78, 5) is 11.6. The van der Waals surface area contributed by atoms with Gasteiger partial charge in [0.25, 0.3) is 0 Å². The number of Topliss-reactive ketones (excluding diaryl/α,β-unsaturated/α-hetero) is 1. The van der Waals surface area contributed by atoms with Gasteiger partial charge in [-0.25, -0.2) is 0 Å². The smallest absolute Gasteiger partial charge is 0.164 e. The Balaban J connectivity index is 2.24. The fraction of sp³-hybridized carbons (Fsp3) is 0.417. The molecule has 0 saturated carbocycles. The Hall–Kier alpha value is -1.15. The molecule has 0 heterocycles. The third-order valence-electron chi connectivity index (χ3n) is 2.79. The molecule has 74 valence electrons. The first-order chi connectivity index (χ1) is 6.81. The van der Waals surface area contributed by atoms with Crippen LogP contribution in [0.2, 0.25) is 0 Å². The summed E-state index contributed by atoms with van der Waals surface area (Å²) >= 11 is 0. The van der Waals surface area contributed by atoms with Crippen LogP contribution in [0.15, 0.2) is 18.2 Å². The minimum atomic E-state index is 0.169. The number of rotatable bonds is 3. The van der Waals surface area contributed by atoms with E-state index >= 15 is 0 Å². The van der Waals surface area contributed by atoms with Crippen molar-refractivity contribution in [2.45, 2.75) is 25.7 Å². The Labute approximate surface area is 84.1 Å². The zero-order chi connectivity index (χ0) is 9.97. The Morgan fingerprint density at radius 2 is 2.07 bits per heavy atom. The van der Waals surface area contributed by atoms with Gasteiger partial charge in [0.1, 0.15) is 0 Å². The highest BCUT2D eigenvalue weighted by atomic mass is 16.1. The maximum Gasteiger partial charge on any atom is 0.164 e. The van der Waals surface area contributed by atoms with E-state index in [0.29, 0.717) is 13.0 Å². The quantitative estimate of drug-likeness (QED) is 0.735. The average molecular weight is 189 g/mol. The van der Waals surface area contributed by atoms with Crippen molar-refractivity contribution in [1.82, 2.24) is 0 Å². The third-order valence-corrected chi connectivity index (χ3v) is 2.79. The molecule has 0 unspecified atom stereocenters. The van der Waals surface area contributed by atoms with Crippen LogP contribution in [0.4, 0.5) is 0 Å². The fourth-order valence-corrected chi connectivity index (χ4v) is 2.02. The molecule has 0 aromatic heterocycles. The SMILES string of the molecule is NCCC(=O)c1ccc2c(c1)CCC2. The molecule has 0 amide bonds. The summed E-state index contributed by atoms with van der Waals surface area (Å²) in [6.07, 6.45) is 3.97. The van der Waals surface area contributed by atoms with E-state index in [4.69, 9.17) is 5.73 Å². The Morgan fingerprint density at radius 3 is 2.86 bits per heavy atom. The van der Waals surface area contributed by atoms with E-state index in [1.165, 1.54) is 24.0 Å². The van der Waals surface area contributed by atoms with Gasteiger partial charge >= 0.3 is 0 Å². The number of hydrogen-bond acceptors (Lipinski definition) is 2. The van der Waals surface area contributed by atoms with E-state index < -0.39 is 0 Å². The van der Waals surface area contributed by atoms with Crippen molar-refractivity contribution in [2.75, 3.05) is 6.54 Å². The molecule has 0 spiro atoms. The molecule has 1 aromatic rings. The number of aryl methyl sites for hydroxylation is 2. The van der Waals surface area contributed by atoms with Gasteiger partial charge in [-0.3, -0.25) is 4.79 Å². The number of nitrogens with two attached hydrogens (primary N) is 1. The molecule has 2 nitrogen and oxygen atoms in total. The molecule has 1 aromatic carbocycles. The van der Waals surface area contributed by atoms with Crippen LogP contribution in [0.5, 0.6) is 0 Å². The number of carbonyl (C=O) groups excluding carboxylic acids is 1. The lowest BCUT2D eigenvalue weighted by Gasteiger charge is -2.03. The van der Waals surface area contributed by atoms with E-state index in [1.807, 2.05) is 12.1 Å². The van der Waals surface area contributed by atoms with E-state index in [0.717, 1.165) is 12.0 Å². The van der Waals surface area contributed by atoms with Gasteiger partial charge in [-0.2, -0.15) is 0 Å². The number of hydrogen-bond donors (Lipinski definition) is 1. The van der Waals surface area contributed by atoms with Crippen molar-refractivity contribution in [1.29, 1.82) is 0 Å². The van der Waals surface area contributed by atoms with Crippen LogP contribution < -0.4 is 5.73 Å². The number of benzene rings is 1. The zero-order valence-corrected chi connectivity index (χ0v) is 8.25. The maximum absolute atomic E-state index is 11.6. The topological polar surface area (TPSA) is 43.1 Å². The van der Waals surface area contributed by atoms with Crippen LogP contribution in [-0.4, -0.2) is 12.3 Å². The first-order valence-electron chi connectivity index (χ1n) is 5.16. The second kappa shape index (κ2) is 3.93. The zero-order valence-electron chi connectivity index (χ0n) is 8.25. The van der Waals surface area contributed by atoms with Gasteiger partial charge in [0.15, 0.2) is 5.78 Å². The summed E-state index contributed by atoms with van der Waals surface area (Å²) in [5, 5.41) is 0. The molecule has 0 saturated heterocycles.